The van der Waals surface area contributed by atoms with Gasteiger partial charge in [0, 0.05) is 0 Å². The summed E-state index contributed by atoms with van der Waals surface area (Å²) in [6.07, 6.45) is 18.4. The standard InChI is InChI=1S/C31H52O2/c1-21-13-16-29(8)24-12-11-23-27(5,6)25(33-22(2)10-9-15-26(3,4)32)14-17-30(23)20-31(24,30)19-18-28(21,29)7/h9,15,21-25,32H,10-14,16-20H2,1-8H3. The van der Waals surface area contributed by atoms with Crippen molar-refractivity contribution in [2.75, 3.05) is 0 Å². The van der Waals surface area contributed by atoms with Gasteiger partial charge in [-0.3, -0.25) is 0 Å². The molecule has 0 aromatic heterocycles. The van der Waals surface area contributed by atoms with E-state index >= 15 is 0 Å². The van der Waals surface area contributed by atoms with Gasteiger partial charge in [0.05, 0.1) is 17.8 Å². The summed E-state index contributed by atoms with van der Waals surface area (Å²) in [5.74, 6) is 2.69. The highest BCUT2D eigenvalue weighted by Gasteiger charge is 2.81. The zero-order chi connectivity index (χ0) is 24.1. The van der Waals surface area contributed by atoms with E-state index in [1.165, 1.54) is 57.8 Å². The molecule has 188 valence electrons. The summed E-state index contributed by atoms with van der Waals surface area (Å²) in [5, 5.41) is 9.97. The summed E-state index contributed by atoms with van der Waals surface area (Å²) >= 11 is 0. The maximum absolute atomic E-state index is 9.97. The minimum atomic E-state index is -0.737. The molecule has 5 aliphatic rings. The Hall–Kier alpha value is -0.340. The molecule has 5 saturated carbocycles. The first-order chi connectivity index (χ1) is 15.2. The molecule has 2 heteroatoms. The van der Waals surface area contributed by atoms with Crippen LogP contribution in [0.3, 0.4) is 0 Å². The number of rotatable bonds is 5. The van der Waals surface area contributed by atoms with E-state index in [4.69, 9.17) is 4.74 Å². The summed E-state index contributed by atoms with van der Waals surface area (Å²) in [5.41, 5.74) is 1.92. The lowest BCUT2D eigenvalue weighted by Gasteiger charge is -2.63. The Labute approximate surface area is 204 Å². The Morgan fingerprint density at radius 1 is 0.909 bits per heavy atom. The van der Waals surface area contributed by atoms with Gasteiger partial charge in [0.25, 0.3) is 0 Å². The molecule has 5 fully saturated rings. The Kier molecular flexibility index (Phi) is 5.42. The van der Waals surface area contributed by atoms with E-state index in [9.17, 15) is 5.11 Å². The Morgan fingerprint density at radius 3 is 2.27 bits per heavy atom. The lowest BCUT2D eigenvalue weighted by molar-refractivity contribution is -0.177. The third kappa shape index (κ3) is 3.24. The monoisotopic (exact) mass is 456 g/mol. The smallest absolute Gasteiger partial charge is 0.0771 e. The number of ether oxygens (including phenoxy) is 1. The minimum Gasteiger partial charge on any atom is -0.386 e. The first-order valence-corrected chi connectivity index (χ1v) is 14.3. The van der Waals surface area contributed by atoms with Gasteiger partial charge in [0.1, 0.15) is 0 Å². The largest absolute Gasteiger partial charge is 0.386 e. The van der Waals surface area contributed by atoms with Crippen molar-refractivity contribution >= 4 is 0 Å². The molecule has 2 spiro atoms. The van der Waals surface area contributed by atoms with Crippen LogP contribution in [0.25, 0.3) is 0 Å². The molecule has 9 unspecified atom stereocenters. The topological polar surface area (TPSA) is 29.5 Å². The number of hydrogen-bond donors (Lipinski definition) is 1. The van der Waals surface area contributed by atoms with Crippen molar-refractivity contribution in [2.45, 2.75) is 137 Å². The predicted octanol–water partition coefficient (Wildman–Crippen LogP) is 7.94. The van der Waals surface area contributed by atoms with Crippen LogP contribution in [0, 0.1) is 44.8 Å². The normalized spacial score (nSPS) is 51.4. The van der Waals surface area contributed by atoms with E-state index < -0.39 is 5.60 Å². The van der Waals surface area contributed by atoms with Gasteiger partial charge in [-0.25, -0.2) is 0 Å². The SMILES string of the molecule is CC(CC=CC(C)(C)O)OC1CCC23CC24CCC2(C)C(C)CCC2(C)C4CCC3C1(C)C. The van der Waals surface area contributed by atoms with Crippen molar-refractivity contribution in [1.29, 1.82) is 0 Å². The van der Waals surface area contributed by atoms with E-state index in [1.807, 2.05) is 19.9 Å². The lowest BCUT2D eigenvalue weighted by Crippen LogP contribution is -2.57. The van der Waals surface area contributed by atoms with Gasteiger partial charge in [-0.05, 0) is 130 Å². The summed E-state index contributed by atoms with van der Waals surface area (Å²) in [6.45, 7) is 18.9. The van der Waals surface area contributed by atoms with Crippen molar-refractivity contribution in [1.82, 2.24) is 0 Å². The first kappa shape index (κ1) is 24.4. The number of aliphatic hydroxyl groups is 1. The highest BCUT2D eigenvalue weighted by atomic mass is 16.5. The molecule has 2 nitrogen and oxygen atoms in total. The average molecular weight is 457 g/mol. The van der Waals surface area contributed by atoms with Crippen LogP contribution < -0.4 is 0 Å². The van der Waals surface area contributed by atoms with Crippen LogP contribution in [0.2, 0.25) is 0 Å². The Bertz CT molecular complexity index is 806. The molecule has 33 heavy (non-hydrogen) atoms. The van der Waals surface area contributed by atoms with E-state index in [0.29, 0.717) is 27.8 Å². The van der Waals surface area contributed by atoms with Crippen molar-refractivity contribution in [3.8, 4) is 0 Å². The van der Waals surface area contributed by atoms with E-state index in [0.717, 1.165) is 24.2 Å². The fourth-order valence-corrected chi connectivity index (χ4v) is 10.8. The zero-order valence-corrected chi connectivity index (χ0v) is 23.0. The molecule has 0 aromatic rings. The van der Waals surface area contributed by atoms with Gasteiger partial charge >= 0.3 is 0 Å². The summed E-state index contributed by atoms with van der Waals surface area (Å²) in [4.78, 5) is 0. The number of hydrogen-bond acceptors (Lipinski definition) is 2. The molecule has 0 aromatic carbocycles. The molecule has 0 saturated heterocycles. The maximum Gasteiger partial charge on any atom is 0.0771 e. The molecule has 5 rings (SSSR count). The van der Waals surface area contributed by atoms with Gasteiger partial charge in [0.15, 0.2) is 0 Å². The van der Waals surface area contributed by atoms with Crippen LogP contribution in [0.1, 0.15) is 120 Å². The predicted molar refractivity (Wildman–Crippen MR) is 137 cm³/mol. The second-order valence-electron chi connectivity index (χ2n) is 15.0. The summed E-state index contributed by atoms with van der Waals surface area (Å²) in [6, 6.07) is 0. The third-order valence-corrected chi connectivity index (χ3v) is 12.9. The molecule has 9 atom stereocenters. The van der Waals surface area contributed by atoms with Crippen LogP contribution in [0.15, 0.2) is 12.2 Å². The van der Waals surface area contributed by atoms with Crippen LogP contribution in [-0.4, -0.2) is 22.9 Å². The highest BCUT2D eigenvalue weighted by molar-refractivity contribution is 5.30. The minimum absolute atomic E-state index is 0.209. The average Bonchev–Trinajstić information content (AvgIpc) is 3.31. The van der Waals surface area contributed by atoms with E-state index in [-0.39, 0.29) is 11.5 Å². The Morgan fingerprint density at radius 2 is 1.58 bits per heavy atom. The van der Waals surface area contributed by atoms with E-state index in [1.54, 1.807) is 0 Å². The maximum atomic E-state index is 9.97. The van der Waals surface area contributed by atoms with Crippen molar-refractivity contribution in [3.63, 3.8) is 0 Å². The molecule has 5 aliphatic carbocycles. The molecule has 0 radical (unpaired) electrons. The van der Waals surface area contributed by atoms with Crippen molar-refractivity contribution in [2.24, 2.45) is 44.8 Å². The van der Waals surface area contributed by atoms with Gasteiger partial charge < -0.3 is 9.84 Å². The summed E-state index contributed by atoms with van der Waals surface area (Å²) < 4.78 is 6.75. The molecule has 0 heterocycles. The molecule has 0 aliphatic heterocycles. The molecular formula is C31H52O2. The van der Waals surface area contributed by atoms with Crippen molar-refractivity contribution < 1.29 is 9.84 Å². The molecular weight excluding hydrogens is 404 g/mol. The highest BCUT2D eigenvalue weighted by Crippen LogP contribution is 2.88. The number of fused-ring (bicyclic) bond motifs is 2. The zero-order valence-electron chi connectivity index (χ0n) is 23.0. The van der Waals surface area contributed by atoms with E-state index in [2.05, 4.69) is 47.6 Å². The molecule has 0 amide bonds. The van der Waals surface area contributed by atoms with Gasteiger partial charge in [-0.2, -0.15) is 0 Å². The Balaban J connectivity index is 1.33. The molecule has 0 bridgehead atoms. The van der Waals surface area contributed by atoms with Gasteiger partial charge in [-0.1, -0.05) is 46.8 Å². The third-order valence-electron chi connectivity index (χ3n) is 12.9. The van der Waals surface area contributed by atoms with Crippen LogP contribution in [0.5, 0.6) is 0 Å². The fraction of sp³-hybridized carbons (Fsp3) is 0.935. The summed E-state index contributed by atoms with van der Waals surface area (Å²) in [7, 11) is 0. The lowest BCUT2D eigenvalue weighted by atomic mass is 9.42. The molecule has 1 N–H and O–H groups in total. The van der Waals surface area contributed by atoms with Crippen molar-refractivity contribution in [3.05, 3.63) is 12.2 Å². The van der Waals surface area contributed by atoms with Gasteiger partial charge in [0.2, 0.25) is 0 Å². The van der Waals surface area contributed by atoms with Crippen LogP contribution >= 0.6 is 0 Å². The quantitative estimate of drug-likeness (QED) is 0.425. The fourth-order valence-electron chi connectivity index (χ4n) is 10.8. The first-order valence-electron chi connectivity index (χ1n) is 14.3. The van der Waals surface area contributed by atoms with Crippen LogP contribution in [-0.2, 0) is 4.74 Å². The van der Waals surface area contributed by atoms with Gasteiger partial charge in [-0.15, -0.1) is 0 Å². The second kappa shape index (κ2) is 7.34. The second-order valence-corrected chi connectivity index (χ2v) is 15.0. The van der Waals surface area contributed by atoms with Crippen LogP contribution in [0.4, 0.5) is 0 Å².